The minimum atomic E-state index is -0.457. The number of carbonyl (C=O) groups excluding carboxylic acids is 2. The van der Waals surface area contributed by atoms with Gasteiger partial charge in [-0.2, -0.15) is 0 Å². The lowest BCUT2D eigenvalue weighted by Gasteiger charge is -1.98. The zero-order valence-electron chi connectivity index (χ0n) is 11.7. The lowest BCUT2D eigenvalue weighted by Crippen LogP contribution is -2.09. The minimum absolute atomic E-state index is 0.196. The van der Waals surface area contributed by atoms with Gasteiger partial charge in [-0.1, -0.05) is 58.1 Å². The van der Waals surface area contributed by atoms with Gasteiger partial charge in [0.05, 0.1) is 6.42 Å². The Kier molecular flexibility index (Phi) is 11.6. The molecule has 0 unspecified atom stereocenters. The topological polar surface area (TPSA) is 43.4 Å². The van der Waals surface area contributed by atoms with Crippen molar-refractivity contribution in [1.82, 2.24) is 0 Å². The van der Waals surface area contributed by atoms with Crippen LogP contribution in [0.2, 0.25) is 0 Å². The second-order valence-electron chi connectivity index (χ2n) is 4.43. The molecular weight excluding hydrogens is 228 g/mol. The molecule has 0 fully saturated rings. The first-order valence-electron chi connectivity index (χ1n) is 7.09. The lowest BCUT2D eigenvalue weighted by molar-refractivity contribution is -0.158. The van der Waals surface area contributed by atoms with E-state index in [4.69, 9.17) is 0 Å². The van der Waals surface area contributed by atoms with E-state index in [1.807, 2.05) is 6.08 Å². The summed E-state index contributed by atoms with van der Waals surface area (Å²) in [6.07, 6.45) is 12.9. The maximum Gasteiger partial charge on any atom is 0.317 e. The summed E-state index contributed by atoms with van der Waals surface area (Å²) in [6.45, 7) is 3.88. The summed E-state index contributed by atoms with van der Waals surface area (Å²) < 4.78 is 4.54. The molecule has 0 saturated heterocycles. The van der Waals surface area contributed by atoms with Crippen LogP contribution in [0.3, 0.4) is 0 Å². The molecule has 0 aliphatic carbocycles. The van der Waals surface area contributed by atoms with Crippen LogP contribution in [0.15, 0.2) is 12.2 Å². The average molecular weight is 254 g/mol. The van der Waals surface area contributed by atoms with Crippen molar-refractivity contribution in [2.24, 2.45) is 0 Å². The highest BCUT2D eigenvalue weighted by molar-refractivity contribution is 5.85. The van der Waals surface area contributed by atoms with Crippen molar-refractivity contribution in [3.05, 3.63) is 12.2 Å². The van der Waals surface area contributed by atoms with Gasteiger partial charge in [0.25, 0.3) is 0 Å². The van der Waals surface area contributed by atoms with E-state index >= 15 is 0 Å². The minimum Gasteiger partial charge on any atom is -0.393 e. The molecule has 0 aromatic rings. The number of carbonyl (C=O) groups is 2. The quantitative estimate of drug-likeness (QED) is 0.254. The Bertz CT molecular complexity index is 256. The number of ether oxygens (including phenoxy) is 1. The van der Waals surface area contributed by atoms with E-state index in [-0.39, 0.29) is 12.8 Å². The second-order valence-corrected chi connectivity index (χ2v) is 4.43. The van der Waals surface area contributed by atoms with Gasteiger partial charge in [-0.15, -0.1) is 0 Å². The summed E-state index contributed by atoms with van der Waals surface area (Å²) in [7, 11) is 0. The number of hydrogen-bond donors (Lipinski definition) is 0. The van der Waals surface area contributed by atoms with Crippen LogP contribution in [0.1, 0.15) is 71.6 Å². The molecule has 104 valence electrons. The Hall–Kier alpha value is -1.12. The van der Waals surface area contributed by atoms with E-state index in [1.165, 1.54) is 38.5 Å². The molecule has 18 heavy (non-hydrogen) atoms. The van der Waals surface area contributed by atoms with E-state index in [0.717, 1.165) is 6.42 Å². The third-order valence-electron chi connectivity index (χ3n) is 2.69. The average Bonchev–Trinajstić information content (AvgIpc) is 2.36. The normalized spacial score (nSPS) is 10.8. The largest absolute Gasteiger partial charge is 0.393 e. The molecule has 3 nitrogen and oxygen atoms in total. The van der Waals surface area contributed by atoms with Gasteiger partial charge in [-0.3, -0.25) is 9.59 Å². The molecule has 0 bridgehead atoms. The Balaban J connectivity index is 3.37. The van der Waals surface area contributed by atoms with Crippen molar-refractivity contribution in [3.8, 4) is 0 Å². The molecule has 0 amide bonds. The highest BCUT2D eigenvalue weighted by Gasteiger charge is 2.05. The Morgan fingerprint density at radius 3 is 2.22 bits per heavy atom. The third-order valence-corrected chi connectivity index (χ3v) is 2.69. The molecular formula is C15H26O3. The van der Waals surface area contributed by atoms with Crippen molar-refractivity contribution in [2.75, 3.05) is 0 Å². The first kappa shape index (κ1) is 16.9. The molecule has 0 spiro atoms. The summed E-state index contributed by atoms with van der Waals surface area (Å²) in [5.41, 5.74) is 0. The second kappa shape index (κ2) is 12.3. The third kappa shape index (κ3) is 11.4. The molecule has 0 aliphatic heterocycles. The predicted octanol–water partition coefficient (Wildman–Crippen LogP) is 4.16. The van der Waals surface area contributed by atoms with E-state index in [1.54, 1.807) is 13.0 Å². The molecule has 0 radical (unpaired) electrons. The van der Waals surface area contributed by atoms with E-state index in [2.05, 4.69) is 11.7 Å². The summed E-state index contributed by atoms with van der Waals surface area (Å²) in [4.78, 5) is 21.9. The molecule has 0 heterocycles. The van der Waals surface area contributed by atoms with Crippen molar-refractivity contribution in [3.63, 3.8) is 0 Å². The van der Waals surface area contributed by atoms with Crippen molar-refractivity contribution >= 4 is 11.9 Å². The van der Waals surface area contributed by atoms with Crippen LogP contribution in [0, 0.1) is 0 Å². The fraction of sp³-hybridized carbons (Fsp3) is 0.733. The van der Waals surface area contributed by atoms with Crippen molar-refractivity contribution in [1.29, 1.82) is 0 Å². The first-order valence-corrected chi connectivity index (χ1v) is 7.09. The van der Waals surface area contributed by atoms with Gasteiger partial charge in [0.2, 0.25) is 0 Å². The van der Waals surface area contributed by atoms with Crippen LogP contribution >= 0.6 is 0 Å². The standard InChI is InChI=1S/C15H26O3/c1-3-5-6-7-8-9-10-11-12-13-15(17)18-14(16)4-2/h11-12H,3-10,13H2,1-2H3/b12-11+. The van der Waals surface area contributed by atoms with Gasteiger partial charge in [0.1, 0.15) is 0 Å². The Morgan fingerprint density at radius 1 is 0.889 bits per heavy atom. The number of esters is 2. The monoisotopic (exact) mass is 254 g/mol. The summed E-state index contributed by atoms with van der Waals surface area (Å²) in [5.74, 6) is -0.912. The van der Waals surface area contributed by atoms with Gasteiger partial charge in [-0.25, -0.2) is 0 Å². The van der Waals surface area contributed by atoms with Crippen molar-refractivity contribution < 1.29 is 14.3 Å². The predicted molar refractivity (Wildman–Crippen MR) is 73.1 cm³/mol. The molecule has 0 saturated carbocycles. The number of allylic oxidation sites excluding steroid dienone is 1. The molecule has 0 atom stereocenters. The zero-order chi connectivity index (χ0) is 13.6. The smallest absolute Gasteiger partial charge is 0.317 e. The van der Waals surface area contributed by atoms with Gasteiger partial charge in [0, 0.05) is 6.42 Å². The van der Waals surface area contributed by atoms with E-state index in [0.29, 0.717) is 0 Å². The maximum atomic E-state index is 11.1. The molecule has 0 aliphatic rings. The van der Waals surface area contributed by atoms with Crippen LogP contribution in [0.25, 0.3) is 0 Å². The van der Waals surface area contributed by atoms with Crippen LogP contribution in [0.5, 0.6) is 0 Å². The van der Waals surface area contributed by atoms with Gasteiger partial charge in [0.15, 0.2) is 0 Å². The SMILES string of the molecule is CCCCCCCC/C=C/CC(=O)OC(=O)CC. The first-order chi connectivity index (χ1) is 8.70. The fourth-order valence-electron chi connectivity index (χ4n) is 1.58. The number of hydrogen-bond acceptors (Lipinski definition) is 3. The summed E-state index contributed by atoms with van der Waals surface area (Å²) in [5, 5.41) is 0. The maximum absolute atomic E-state index is 11.1. The van der Waals surface area contributed by atoms with Crippen LogP contribution < -0.4 is 0 Å². The molecule has 0 aromatic heterocycles. The zero-order valence-corrected chi connectivity index (χ0v) is 11.7. The van der Waals surface area contributed by atoms with Crippen LogP contribution in [-0.2, 0) is 14.3 Å². The molecule has 3 heteroatoms. The van der Waals surface area contributed by atoms with Gasteiger partial charge >= 0.3 is 11.9 Å². The summed E-state index contributed by atoms with van der Waals surface area (Å²) >= 11 is 0. The van der Waals surface area contributed by atoms with Gasteiger partial charge < -0.3 is 4.74 Å². The van der Waals surface area contributed by atoms with E-state index < -0.39 is 11.9 Å². The Labute approximate surface area is 111 Å². The number of unbranched alkanes of at least 4 members (excludes halogenated alkanes) is 6. The highest BCUT2D eigenvalue weighted by Crippen LogP contribution is 2.07. The molecule has 0 aromatic carbocycles. The molecule has 0 N–H and O–H groups in total. The number of rotatable bonds is 10. The fourth-order valence-corrected chi connectivity index (χ4v) is 1.58. The van der Waals surface area contributed by atoms with Crippen LogP contribution in [-0.4, -0.2) is 11.9 Å². The van der Waals surface area contributed by atoms with Crippen LogP contribution in [0.4, 0.5) is 0 Å². The summed E-state index contributed by atoms with van der Waals surface area (Å²) in [6, 6.07) is 0. The Morgan fingerprint density at radius 2 is 1.56 bits per heavy atom. The van der Waals surface area contributed by atoms with Crippen molar-refractivity contribution in [2.45, 2.75) is 71.6 Å². The lowest BCUT2D eigenvalue weighted by atomic mass is 10.1. The molecule has 0 rings (SSSR count). The van der Waals surface area contributed by atoms with Gasteiger partial charge in [-0.05, 0) is 12.8 Å². The highest BCUT2D eigenvalue weighted by atomic mass is 16.6. The van der Waals surface area contributed by atoms with E-state index in [9.17, 15) is 9.59 Å².